The van der Waals surface area contributed by atoms with Crippen LogP contribution >= 0.6 is 11.6 Å². The number of hydrogen-bond donors (Lipinski definition) is 2. The van der Waals surface area contributed by atoms with E-state index in [1.807, 2.05) is 9.80 Å². The van der Waals surface area contributed by atoms with Gasteiger partial charge in [0, 0.05) is 56.3 Å². The molecule has 2 N–H and O–H groups in total. The third kappa shape index (κ3) is 7.22. The molecule has 0 saturated carbocycles. The zero-order valence-corrected chi connectivity index (χ0v) is 24.0. The second-order valence-electron chi connectivity index (χ2n) is 10.5. The molecule has 2 aliphatic rings. The van der Waals surface area contributed by atoms with Gasteiger partial charge < -0.3 is 25.3 Å². The summed E-state index contributed by atoms with van der Waals surface area (Å²) in [5.74, 6) is -0.525. The van der Waals surface area contributed by atoms with Gasteiger partial charge in [-0.2, -0.15) is 13.2 Å². The molecule has 2 fully saturated rings. The van der Waals surface area contributed by atoms with Crippen molar-refractivity contribution < 1.29 is 27.6 Å². The number of benzene rings is 3. The van der Waals surface area contributed by atoms with E-state index in [0.717, 1.165) is 31.4 Å². The Balaban J connectivity index is 1.31. The van der Waals surface area contributed by atoms with E-state index in [4.69, 9.17) is 11.6 Å². The molecule has 0 unspecified atom stereocenters. The predicted molar refractivity (Wildman–Crippen MR) is 160 cm³/mol. The van der Waals surface area contributed by atoms with Crippen molar-refractivity contribution in [3.05, 3.63) is 88.4 Å². The molecule has 0 spiro atoms. The Morgan fingerprint density at radius 2 is 1.40 bits per heavy atom. The number of anilines is 3. The molecule has 4 amide bonds. The van der Waals surface area contributed by atoms with Gasteiger partial charge in [-0.25, -0.2) is 4.79 Å². The lowest BCUT2D eigenvalue weighted by molar-refractivity contribution is -0.137. The molecule has 0 aromatic heterocycles. The first-order valence-corrected chi connectivity index (χ1v) is 14.5. The summed E-state index contributed by atoms with van der Waals surface area (Å²) in [6, 6.07) is 15.9. The van der Waals surface area contributed by atoms with Crippen molar-refractivity contribution >= 4 is 46.5 Å². The van der Waals surface area contributed by atoms with Gasteiger partial charge in [0.05, 0.1) is 21.7 Å². The fraction of sp³-hybridized carbons (Fsp3) is 0.323. The van der Waals surface area contributed by atoms with Gasteiger partial charge in [-0.3, -0.25) is 9.59 Å². The van der Waals surface area contributed by atoms with Crippen molar-refractivity contribution in [2.24, 2.45) is 0 Å². The zero-order valence-electron chi connectivity index (χ0n) is 23.3. The maximum Gasteiger partial charge on any atom is 0.416 e. The summed E-state index contributed by atoms with van der Waals surface area (Å²) >= 11 is 6.19. The van der Waals surface area contributed by atoms with Gasteiger partial charge in [0.25, 0.3) is 11.8 Å². The minimum absolute atomic E-state index is 0.0612. The number of piperidine rings is 1. The predicted octanol–water partition coefficient (Wildman–Crippen LogP) is 6.59. The molecule has 3 aromatic carbocycles. The van der Waals surface area contributed by atoms with Crippen molar-refractivity contribution in [2.75, 3.05) is 54.8 Å². The van der Waals surface area contributed by atoms with Crippen molar-refractivity contribution in [1.82, 2.24) is 9.80 Å². The first-order chi connectivity index (χ1) is 20.6. The van der Waals surface area contributed by atoms with E-state index in [-0.39, 0.29) is 11.6 Å². The van der Waals surface area contributed by atoms with Gasteiger partial charge in [-0.05, 0) is 67.8 Å². The van der Waals surface area contributed by atoms with Crippen molar-refractivity contribution in [3.8, 4) is 0 Å². The normalized spacial score (nSPS) is 15.7. The summed E-state index contributed by atoms with van der Waals surface area (Å²) in [7, 11) is 0. The number of rotatable bonds is 5. The topological polar surface area (TPSA) is 85.0 Å². The molecule has 5 rings (SSSR count). The third-order valence-corrected chi connectivity index (χ3v) is 7.92. The quantitative estimate of drug-likeness (QED) is 0.340. The van der Waals surface area contributed by atoms with Crippen LogP contribution < -0.4 is 15.5 Å². The van der Waals surface area contributed by atoms with Gasteiger partial charge >= 0.3 is 12.2 Å². The van der Waals surface area contributed by atoms with E-state index in [1.165, 1.54) is 17.0 Å². The van der Waals surface area contributed by atoms with Crippen LogP contribution in [0.4, 0.5) is 35.0 Å². The van der Waals surface area contributed by atoms with Crippen LogP contribution in [-0.4, -0.2) is 66.9 Å². The Kier molecular flexibility index (Phi) is 9.10. The number of carbonyl (C=O) groups is 3. The van der Waals surface area contributed by atoms with Gasteiger partial charge in [-0.1, -0.05) is 29.8 Å². The van der Waals surface area contributed by atoms with Crippen LogP contribution in [0, 0.1) is 0 Å². The Hall–Kier alpha value is -4.25. The maximum atomic E-state index is 13.7. The number of nitrogens with zero attached hydrogens (tertiary/aromatic N) is 3. The monoisotopic (exact) mass is 613 g/mol. The highest BCUT2D eigenvalue weighted by Gasteiger charge is 2.31. The number of alkyl halides is 3. The van der Waals surface area contributed by atoms with E-state index in [0.29, 0.717) is 66.8 Å². The van der Waals surface area contributed by atoms with Crippen molar-refractivity contribution in [2.45, 2.75) is 25.4 Å². The average Bonchev–Trinajstić information content (AvgIpc) is 3.01. The van der Waals surface area contributed by atoms with Gasteiger partial charge in [0.15, 0.2) is 0 Å². The van der Waals surface area contributed by atoms with Crippen molar-refractivity contribution in [1.29, 1.82) is 0 Å². The standard InChI is InChI=1S/C31H31ClF3N5O3/c32-26-10-3-2-9-24(26)28(41)36-23-11-12-27(25(20-23)29(42)39-13-4-1-5-14-39)38-15-17-40(18-16-38)30(43)37-22-8-6-7-21(19-22)31(33,34)35/h2-3,6-12,19-20H,1,4-5,13-18H2,(H,36,41)(H,37,43). The lowest BCUT2D eigenvalue weighted by atomic mass is 10.1. The first kappa shape index (κ1) is 30.2. The van der Waals surface area contributed by atoms with Crippen LogP contribution in [0.25, 0.3) is 0 Å². The molecule has 0 bridgehead atoms. The summed E-state index contributed by atoms with van der Waals surface area (Å²) < 4.78 is 39.2. The smallest absolute Gasteiger partial charge is 0.367 e. The lowest BCUT2D eigenvalue weighted by Crippen LogP contribution is -2.50. The van der Waals surface area contributed by atoms with Gasteiger partial charge in [-0.15, -0.1) is 0 Å². The molecule has 0 aliphatic carbocycles. The van der Waals surface area contributed by atoms with E-state index in [2.05, 4.69) is 10.6 Å². The van der Waals surface area contributed by atoms with Crippen molar-refractivity contribution in [3.63, 3.8) is 0 Å². The summed E-state index contributed by atoms with van der Waals surface area (Å²) in [6.45, 7) is 2.71. The largest absolute Gasteiger partial charge is 0.416 e. The molecule has 2 heterocycles. The number of piperazine rings is 1. The fourth-order valence-corrected chi connectivity index (χ4v) is 5.52. The molecule has 226 valence electrons. The number of halogens is 4. The zero-order chi connectivity index (χ0) is 30.6. The Bertz CT molecular complexity index is 1500. The Morgan fingerprint density at radius 1 is 0.698 bits per heavy atom. The van der Waals surface area contributed by atoms with E-state index < -0.39 is 23.7 Å². The third-order valence-electron chi connectivity index (χ3n) is 7.60. The molecule has 3 aromatic rings. The summed E-state index contributed by atoms with van der Waals surface area (Å²) in [6.07, 6.45) is -1.61. The minimum atomic E-state index is -4.51. The molecular weight excluding hydrogens is 583 g/mol. The highest BCUT2D eigenvalue weighted by Crippen LogP contribution is 2.31. The SMILES string of the molecule is O=C(Nc1ccc(N2CCN(C(=O)Nc3cccc(C(F)(F)F)c3)CC2)c(C(=O)N2CCCCC2)c1)c1ccccc1Cl. The van der Waals surface area contributed by atoms with Crippen LogP contribution in [0.2, 0.25) is 5.02 Å². The minimum Gasteiger partial charge on any atom is -0.367 e. The van der Waals surface area contributed by atoms with Crippen LogP contribution in [0.15, 0.2) is 66.7 Å². The van der Waals surface area contributed by atoms with Crippen LogP contribution in [0.1, 0.15) is 45.5 Å². The van der Waals surface area contributed by atoms with E-state index in [9.17, 15) is 27.6 Å². The second kappa shape index (κ2) is 12.9. The number of carbonyl (C=O) groups excluding carboxylic acids is 3. The maximum absolute atomic E-state index is 13.7. The number of amides is 4. The molecule has 0 atom stereocenters. The summed E-state index contributed by atoms with van der Waals surface area (Å²) in [5.41, 5.74) is 1.12. The first-order valence-electron chi connectivity index (χ1n) is 14.1. The molecule has 12 heteroatoms. The van der Waals surface area contributed by atoms with E-state index in [1.54, 1.807) is 42.5 Å². The van der Waals surface area contributed by atoms with Crippen LogP contribution in [0.3, 0.4) is 0 Å². The highest BCUT2D eigenvalue weighted by atomic mass is 35.5. The van der Waals surface area contributed by atoms with Crippen LogP contribution in [-0.2, 0) is 6.18 Å². The fourth-order valence-electron chi connectivity index (χ4n) is 5.30. The molecule has 8 nitrogen and oxygen atoms in total. The summed E-state index contributed by atoms with van der Waals surface area (Å²) in [4.78, 5) is 44.8. The van der Waals surface area contributed by atoms with E-state index >= 15 is 0 Å². The summed E-state index contributed by atoms with van der Waals surface area (Å²) in [5, 5.41) is 5.71. The number of nitrogens with one attached hydrogen (secondary N) is 2. The molecule has 2 aliphatic heterocycles. The number of likely N-dealkylation sites (tertiary alicyclic amines) is 1. The van der Waals surface area contributed by atoms with Gasteiger partial charge in [0.1, 0.15) is 0 Å². The van der Waals surface area contributed by atoms with Crippen LogP contribution in [0.5, 0.6) is 0 Å². The Labute approximate surface area is 252 Å². The molecule has 2 saturated heterocycles. The molecular formula is C31H31ClF3N5O3. The second-order valence-corrected chi connectivity index (χ2v) is 10.9. The number of urea groups is 1. The average molecular weight is 614 g/mol. The number of hydrogen-bond acceptors (Lipinski definition) is 4. The lowest BCUT2D eigenvalue weighted by Gasteiger charge is -2.37. The van der Waals surface area contributed by atoms with Gasteiger partial charge in [0.2, 0.25) is 0 Å². The highest BCUT2D eigenvalue weighted by molar-refractivity contribution is 6.34. The molecule has 0 radical (unpaired) electrons. The molecule has 43 heavy (non-hydrogen) atoms. The Morgan fingerprint density at radius 3 is 2.09 bits per heavy atom.